The Morgan fingerprint density at radius 2 is 2.03 bits per heavy atom. The average molecular weight is 459 g/mol. The Morgan fingerprint density at radius 1 is 1.24 bits per heavy atom. The van der Waals surface area contributed by atoms with Gasteiger partial charge in [-0.3, -0.25) is 4.79 Å². The molecule has 2 aromatic heterocycles. The number of imidazole rings is 1. The van der Waals surface area contributed by atoms with E-state index < -0.39 is 18.4 Å². The van der Waals surface area contributed by atoms with Crippen LogP contribution in [0.15, 0.2) is 36.8 Å². The molecule has 1 aliphatic heterocycles. The number of benzene rings is 1. The van der Waals surface area contributed by atoms with Crippen molar-refractivity contribution < 1.29 is 22.7 Å². The van der Waals surface area contributed by atoms with Crippen molar-refractivity contribution in [1.29, 1.82) is 0 Å². The van der Waals surface area contributed by atoms with Gasteiger partial charge in [0.1, 0.15) is 0 Å². The van der Waals surface area contributed by atoms with Gasteiger partial charge in [-0.25, -0.2) is 18.7 Å². The van der Waals surface area contributed by atoms with E-state index in [0.29, 0.717) is 29.1 Å². The van der Waals surface area contributed by atoms with E-state index in [1.807, 2.05) is 0 Å². The number of anilines is 1. The summed E-state index contributed by atoms with van der Waals surface area (Å²) in [5.41, 5.74) is 1.67. The lowest BCUT2D eigenvalue weighted by atomic mass is 9.90. The van der Waals surface area contributed by atoms with Crippen molar-refractivity contribution in [2.45, 2.75) is 32.4 Å². The lowest BCUT2D eigenvalue weighted by molar-refractivity contribution is 0.0669. The van der Waals surface area contributed by atoms with Gasteiger partial charge in [0.15, 0.2) is 5.75 Å². The van der Waals surface area contributed by atoms with Crippen LogP contribution in [0.1, 0.15) is 52.0 Å². The van der Waals surface area contributed by atoms with E-state index in [0.717, 1.165) is 0 Å². The maximum atomic E-state index is 13.9. The number of hydrogen-bond acceptors (Lipinski definition) is 5. The van der Waals surface area contributed by atoms with Gasteiger partial charge in [0.05, 0.1) is 19.7 Å². The molecular formula is C23H24F3N5O2. The highest BCUT2D eigenvalue weighted by atomic mass is 19.3. The highest BCUT2D eigenvalue weighted by Gasteiger charge is 2.32. The minimum absolute atomic E-state index is 0.0212. The Morgan fingerprint density at radius 3 is 2.73 bits per heavy atom. The summed E-state index contributed by atoms with van der Waals surface area (Å²) in [5, 5.41) is 2.94. The highest BCUT2D eigenvalue weighted by molar-refractivity contribution is 5.97. The van der Waals surface area contributed by atoms with E-state index >= 15 is 0 Å². The molecule has 0 aliphatic carbocycles. The maximum Gasteiger partial charge on any atom is 0.264 e. The zero-order valence-corrected chi connectivity index (χ0v) is 18.5. The van der Waals surface area contributed by atoms with Crippen LogP contribution in [0.5, 0.6) is 5.75 Å². The van der Waals surface area contributed by atoms with Gasteiger partial charge >= 0.3 is 0 Å². The molecule has 3 aromatic rings. The van der Waals surface area contributed by atoms with Crippen molar-refractivity contribution in [1.82, 2.24) is 19.4 Å². The quantitative estimate of drug-likeness (QED) is 0.536. The van der Waals surface area contributed by atoms with Gasteiger partial charge in [0.25, 0.3) is 18.3 Å². The number of alkyl halides is 2. The molecule has 0 spiro atoms. The number of halogens is 3. The predicted octanol–water partition coefficient (Wildman–Crippen LogP) is 4.21. The first-order valence-electron chi connectivity index (χ1n) is 10.5. The molecule has 1 aromatic carbocycles. The number of fused-ring (bicyclic) bond motifs is 1. The first kappa shape index (κ1) is 22.6. The van der Waals surface area contributed by atoms with Gasteiger partial charge in [-0.05, 0) is 48.2 Å². The van der Waals surface area contributed by atoms with Crippen LogP contribution in [0, 0.1) is 5.95 Å². The molecule has 0 fully saturated rings. The second-order valence-corrected chi connectivity index (χ2v) is 7.83. The summed E-state index contributed by atoms with van der Waals surface area (Å²) in [4.78, 5) is 22.9. The van der Waals surface area contributed by atoms with Gasteiger partial charge < -0.3 is 19.5 Å². The number of carbonyl (C=O) groups excluding carboxylic acids is 1. The maximum absolute atomic E-state index is 13.9. The first-order valence-corrected chi connectivity index (χ1v) is 10.5. The largest absolute Gasteiger partial charge is 0.492 e. The van der Waals surface area contributed by atoms with Gasteiger partial charge in [0, 0.05) is 43.3 Å². The van der Waals surface area contributed by atoms with E-state index in [2.05, 4.69) is 15.3 Å². The number of amides is 1. The molecule has 1 amide bonds. The molecular weight excluding hydrogens is 435 g/mol. The summed E-state index contributed by atoms with van der Waals surface area (Å²) >= 11 is 0. The lowest BCUT2D eigenvalue weighted by Gasteiger charge is -2.35. The normalized spacial score (nSPS) is 14.4. The van der Waals surface area contributed by atoms with Gasteiger partial charge in [0.2, 0.25) is 5.95 Å². The zero-order valence-electron chi connectivity index (χ0n) is 18.5. The Kier molecular flexibility index (Phi) is 6.26. The second-order valence-electron chi connectivity index (χ2n) is 7.83. The number of nitrogens with zero attached hydrogens (tertiary/aromatic N) is 4. The van der Waals surface area contributed by atoms with E-state index in [1.54, 1.807) is 41.9 Å². The molecule has 0 bridgehead atoms. The first-order chi connectivity index (χ1) is 15.8. The molecule has 7 nitrogen and oxygen atoms in total. The number of methoxy groups -OCH3 is 1. The van der Waals surface area contributed by atoms with Crippen LogP contribution >= 0.6 is 0 Å². The van der Waals surface area contributed by atoms with E-state index in [4.69, 9.17) is 4.74 Å². The third-order valence-corrected chi connectivity index (χ3v) is 5.96. The predicted molar refractivity (Wildman–Crippen MR) is 116 cm³/mol. The van der Waals surface area contributed by atoms with Crippen LogP contribution in [0.4, 0.5) is 19.1 Å². The van der Waals surface area contributed by atoms with Crippen LogP contribution in [0.2, 0.25) is 0 Å². The molecule has 1 unspecified atom stereocenters. The summed E-state index contributed by atoms with van der Waals surface area (Å²) in [6.07, 6.45) is 2.29. The summed E-state index contributed by atoms with van der Waals surface area (Å²) in [5.74, 6) is -0.525. The van der Waals surface area contributed by atoms with Gasteiger partial charge in [-0.2, -0.15) is 4.39 Å². The van der Waals surface area contributed by atoms with E-state index in [9.17, 15) is 18.0 Å². The van der Waals surface area contributed by atoms with Gasteiger partial charge in [-0.1, -0.05) is 0 Å². The fraction of sp³-hybridized carbons (Fsp3) is 0.348. The zero-order chi connectivity index (χ0) is 23.7. The number of pyridine rings is 1. The molecule has 0 saturated heterocycles. The van der Waals surface area contributed by atoms with Crippen LogP contribution in [-0.4, -0.2) is 46.0 Å². The fourth-order valence-electron chi connectivity index (χ4n) is 4.23. The van der Waals surface area contributed by atoms with Crippen LogP contribution in [0.25, 0.3) is 0 Å². The third kappa shape index (κ3) is 4.24. The molecule has 0 radical (unpaired) electrons. The molecule has 10 heteroatoms. The number of nitrogens with one attached hydrogen (secondary N) is 1. The van der Waals surface area contributed by atoms with E-state index in [-0.39, 0.29) is 35.9 Å². The molecule has 0 saturated carbocycles. The molecule has 1 N–H and O–H groups in total. The summed E-state index contributed by atoms with van der Waals surface area (Å²) < 4.78 is 48.3. The summed E-state index contributed by atoms with van der Waals surface area (Å²) in [6.45, 7) is 2.34. The summed E-state index contributed by atoms with van der Waals surface area (Å²) in [7, 11) is 3.06. The van der Waals surface area contributed by atoms with Gasteiger partial charge in [-0.15, -0.1) is 0 Å². The fourth-order valence-corrected chi connectivity index (χ4v) is 4.23. The molecule has 1 aliphatic rings. The Labute approximate surface area is 189 Å². The Bertz CT molecular complexity index is 1180. The van der Waals surface area contributed by atoms with E-state index in [1.165, 1.54) is 25.4 Å². The van der Waals surface area contributed by atoms with Crippen molar-refractivity contribution in [3.05, 3.63) is 70.6 Å². The SMILES string of the molecule is CNc1nccn1Cc1cc2c(c(C(F)F)c1)CCN(C(C)c1cnc(F)c(OC)c1)C2=O. The van der Waals surface area contributed by atoms with Crippen molar-refractivity contribution in [3.63, 3.8) is 0 Å². The standard InChI is InChI=1S/C23H24F3N5O2/c1-13(15-10-19(33-3)21(26)29-11-15)31-6-4-16-17(20(24)25)8-14(9-18(16)22(31)32)12-30-7-5-28-23(30)27-2/h5,7-11,13,20H,4,6,12H2,1-3H3,(H,27,28). The number of ether oxygens (including phenoxy) is 1. The minimum Gasteiger partial charge on any atom is -0.492 e. The van der Waals surface area contributed by atoms with Crippen LogP contribution < -0.4 is 10.1 Å². The highest BCUT2D eigenvalue weighted by Crippen LogP contribution is 2.35. The number of hydrogen-bond donors (Lipinski definition) is 1. The monoisotopic (exact) mass is 459 g/mol. The number of carbonyl (C=O) groups is 1. The lowest BCUT2D eigenvalue weighted by Crippen LogP contribution is -2.40. The van der Waals surface area contributed by atoms with Crippen molar-refractivity contribution in [2.75, 3.05) is 26.0 Å². The Hall–Kier alpha value is -3.56. The smallest absolute Gasteiger partial charge is 0.264 e. The molecule has 3 heterocycles. The Balaban J connectivity index is 1.69. The minimum atomic E-state index is -2.70. The third-order valence-electron chi connectivity index (χ3n) is 5.96. The van der Waals surface area contributed by atoms with Crippen LogP contribution in [0.3, 0.4) is 0 Å². The average Bonchev–Trinajstić information content (AvgIpc) is 3.26. The molecule has 4 rings (SSSR count). The number of aromatic nitrogens is 3. The molecule has 33 heavy (non-hydrogen) atoms. The van der Waals surface area contributed by atoms with Crippen molar-refractivity contribution in [3.8, 4) is 5.75 Å². The van der Waals surface area contributed by atoms with Crippen molar-refractivity contribution >= 4 is 11.9 Å². The summed E-state index contributed by atoms with van der Waals surface area (Å²) in [6, 6.07) is 4.18. The molecule has 174 valence electrons. The van der Waals surface area contributed by atoms with Crippen molar-refractivity contribution in [2.24, 2.45) is 0 Å². The topological polar surface area (TPSA) is 72.3 Å². The number of rotatable bonds is 7. The van der Waals surface area contributed by atoms with Crippen LogP contribution in [-0.2, 0) is 13.0 Å². The molecule has 1 atom stereocenters. The second kappa shape index (κ2) is 9.13.